The van der Waals surface area contributed by atoms with Crippen molar-refractivity contribution in [2.45, 2.75) is 31.3 Å². The van der Waals surface area contributed by atoms with Crippen molar-refractivity contribution in [3.8, 4) is 0 Å². The van der Waals surface area contributed by atoms with Crippen LogP contribution in [-0.4, -0.2) is 60.6 Å². The van der Waals surface area contributed by atoms with E-state index >= 15 is 0 Å². The Kier molecular flexibility index (Phi) is 4.14. The maximum atomic E-state index is 12.6. The van der Waals surface area contributed by atoms with E-state index in [-0.39, 0.29) is 30.6 Å². The highest BCUT2D eigenvalue weighted by molar-refractivity contribution is 5.86. The molecule has 3 heterocycles. The molecule has 1 aromatic carbocycles. The molecule has 1 N–H and O–H groups in total. The highest BCUT2D eigenvalue weighted by Gasteiger charge is 2.38. The summed E-state index contributed by atoms with van der Waals surface area (Å²) in [4.78, 5) is 28.7. The molecular formula is C18H23N3O3. The molecule has 0 aromatic heterocycles. The van der Waals surface area contributed by atoms with Crippen LogP contribution in [0.2, 0.25) is 0 Å². The maximum absolute atomic E-state index is 12.6. The molecule has 24 heavy (non-hydrogen) atoms. The minimum absolute atomic E-state index is 0.0170. The van der Waals surface area contributed by atoms with E-state index in [1.165, 1.54) is 11.1 Å². The van der Waals surface area contributed by atoms with Crippen LogP contribution in [0.25, 0.3) is 0 Å². The second-order valence-corrected chi connectivity index (χ2v) is 6.77. The molecule has 1 unspecified atom stereocenters. The Bertz CT molecular complexity index is 642. The summed E-state index contributed by atoms with van der Waals surface area (Å²) in [5, 5.41) is 3.06. The topological polar surface area (TPSA) is 61.9 Å². The van der Waals surface area contributed by atoms with E-state index in [1.807, 2.05) is 17.0 Å². The van der Waals surface area contributed by atoms with Crippen LogP contribution >= 0.6 is 0 Å². The SMILES string of the molecule is O=C(NC1CCOCC1)N1CC(=O)N2CCc3ccccc3C2C1. The van der Waals surface area contributed by atoms with Gasteiger partial charge in [0.2, 0.25) is 5.91 Å². The number of carbonyl (C=O) groups is 2. The first-order valence-corrected chi connectivity index (χ1v) is 8.73. The summed E-state index contributed by atoms with van der Waals surface area (Å²) in [7, 11) is 0. The van der Waals surface area contributed by atoms with Gasteiger partial charge in [0.25, 0.3) is 0 Å². The molecule has 3 aliphatic rings. The average molecular weight is 329 g/mol. The molecular weight excluding hydrogens is 306 g/mol. The first-order valence-electron chi connectivity index (χ1n) is 8.73. The third-order valence-electron chi connectivity index (χ3n) is 5.29. The number of fused-ring (bicyclic) bond motifs is 3. The van der Waals surface area contributed by atoms with Gasteiger partial charge in [0, 0.05) is 32.3 Å². The molecule has 2 saturated heterocycles. The fourth-order valence-electron chi connectivity index (χ4n) is 3.94. The van der Waals surface area contributed by atoms with E-state index in [4.69, 9.17) is 4.74 Å². The third-order valence-corrected chi connectivity index (χ3v) is 5.29. The molecule has 0 saturated carbocycles. The third kappa shape index (κ3) is 2.86. The smallest absolute Gasteiger partial charge is 0.318 e. The zero-order valence-electron chi connectivity index (χ0n) is 13.7. The summed E-state index contributed by atoms with van der Waals surface area (Å²) in [6.07, 6.45) is 2.57. The van der Waals surface area contributed by atoms with Gasteiger partial charge >= 0.3 is 6.03 Å². The lowest BCUT2D eigenvalue weighted by Crippen LogP contribution is -2.58. The van der Waals surface area contributed by atoms with Crippen molar-refractivity contribution in [1.82, 2.24) is 15.1 Å². The van der Waals surface area contributed by atoms with Crippen LogP contribution in [0.15, 0.2) is 24.3 Å². The molecule has 0 radical (unpaired) electrons. The van der Waals surface area contributed by atoms with Crippen LogP contribution in [0.3, 0.4) is 0 Å². The summed E-state index contributed by atoms with van der Waals surface area (Å²) in [6.45, 7) is 2.86. The van der Waals surface area contributed by atoms with Gasteiger partial charge in [0.15, 0.2) is 0 Å². The number of ether oxygens (including phenoxy) is 1. The standard InChI is InChI=1S/C18H23N3O3/c22-17-12-20(18(23)19-14-6-9-24-10-7-14)11-16-15-4-2-1-3-13(15)5-8-21(16)17/h1-4,14,16H,5-12H2,(H,19,23). The number of piperazine rings is 1. The number of hydrogen-bond acceptors (Lipinski definition) is 3. The molecule has 4 rings (SSSR count). The molecule has 6 nitrogen and oxygen atoms in total. The quantitative estimate of drug-likeness (QED) is 0.845. The van der Waals surface area contributed by atoms with Crippen molar-refractivity contribution < 1.29 is 14.3 Å². The van der Waals surface area contributed by atoms with E-state index in [1.54, 1.807) is 4.90 Å². The second kappa shape index (κ2) is 6.43. The van der Waals surface area contributed by atoms with Crippen LogP contribution in [0.1, 0.15) is 30.0 Å². The van der Waals surface area contributed by atoms with Gasteiger partial charge in [-0.05, 0) is 30.4 Å². The Balaban J connectivity index is 1.49. The van der Waals surface area contributed by atoms with Gasteiger partial charge in [0.05, 0.1) is 6.04 Å². The maximum Gasteiger partial charge on any atom is 0.318 e. The van der Waals surface area contributed by atoms with E-state index < -0.39 is 0 Å². The van der Waals surface area contributed by atoms with Crippen LogP contribution < -0.4 is 5.32 Å². The van der Waals surface area contributed by atoms with Crippen molar-refractivity contribution in [2.24, 2.45) is 0 Å². The first-order chi connectivity index (χ1) is 11.7. The highest BCUT2D eigenvalue weighted by atomic mass is 16.5. The van der Waals surface area contributed by atoms with Crippen molar-refractivity contribution in [3.05, 3.63) is 35.4 Å². The summed E-state index contributed by atoms with van der Waals surface area (Å²) in [6, 6.07) is 8.26. The fourth-order valence-corrected chi connectivity index (χ4v) is 3.94. The first kappa shape index (κ1) is 15.4. The number of amides is 3. The molecule has 3 amide bonds. The highest BCUT2D eigenvalue weighted by Crippen LogP contribution is 2.32. The van der Waals surface area contributed by atoms with Crippen molar-refractivity contribution in [2.75, 3.05) is 32.8 Å². The normalized spacial score (nSPS) is 24.3. The molecule has 6 heteroatoms. The van der Waals surface area contributed by atoms with Crippen LogP contribution in [-0.2, 0) is 16.0 Å². The van der Waals surface area contributed by atoms with Gasteiger partial charge in [0.1, 0.15) is 6.54 Å². The van der Waals surface area contributed by atoms with Gasteiger partial charge in [-0.3, -0.25) is 4.79 Å². The van der Waals surface area contributed by atoms with Gasteiger partial charge in [-0.2, -0.15) is 0 Å². The Morgan fingerprint density at radius 3 is 2.83 bits per heavy atom. The molecule has 1 atom stereocenters. The largest absolute Gasteiger partial charge is 0.381 e. The molecule has 2 fully saturated rings. The van der Waals surface area contributed by atoms with Crippen molar-refractivity contribution in [3.63, 3.8) is 0 Å². The molecule has 3 aliphatic heterocycles. The van der Waals surface area contributed by atoms with Gasteiger partial charge < -0.3 is 19.9 Å². The fraction of sp³-hybridized carbons (Fsp3) is 0.556. The molecule has 0 spiro atoms. The van der Waals surface area contributed by atoms with E-state index in [9.17, 15) is 9.59 Å². The van der Waals surface area contributed by atoms with Crippen molar-refractivity contribution in [1.29, 1.82) is 0 Å². The number of carbonyl (C=O) groups excluding carboxylic acids is 2. The summed E-state index contributed by atoms with van der Waals surface area (Å²) in [5.74, 6) is 0.0443. The number of nitrogens with zero attached hydrogens (tertiary/aromatic N) is 2. The lowest BCUT2D eigenvalue weighted by Gasteiger charge is -2.44. The minimum atomic E-state index is -0.127. The van der Waals surface area contributed by atoms with E-state index in [0.717, 1.165) is 25.8 Å². The lowest BCUT2D eigenvalue weighted by molar-refractivity contribution is -0.139. The zero-order valence-corrected chi connectivity index (χ0v) is 13.7. The molecule has 0 aliphatic carbocycles. The van der Waals surface area contributed by atoms with Crippen molar-refractivity contribution >= 4 is 11.9 Å². The molecule has 1 aromatic rings. The lowest BCUT2D eigenvalue weighted by atomic mass is 9.91. The molecule has 0 bridgehead atoms. The number of nitrogens with one attached hydrogen (secondary N) is 1. The monoisotopic (exact) mass is 329 g/mol. The van der Waals surface area contributed by atoms with Gasteiger partial charge in [-0.1, -0.05) is 24.3 Å². The van der Waals surface area contributed by atoms with Crippen LogP contribution in [0.5, 0.6) is 0 Å². The molecule has 128 valence electrons. The Morgan fingerprint density at radius 2 is 2.00 bits per heavy atom. The van der Waals surface area contributed by atoms with E-state index in [0.29, 0.717) is 19.8 Å². The average Bonchev–Trinajstić information content (AvgIpc) is 2.62. The summed E-state index contributed by atoms with van der Waals surface area (Å²) < 4.78 is 5.33. The Hall–Kier alpha value is -2.08. The predicted molar refractivity (Wildman–Crippen MR) is 88.5 cm³/mol. The predicted octanol–water partition coefficient (Wildman–Crippen LogP) is 1.32. The summed E-state index contributed by atoms with van der Waals surface area (Å²) >= 11 is 0. The van der Waals surface area contributed by atoms with Gasteiger partial charge in [-0.15, -0.1) is 0 Å². The van der Waals surface area contributed by atoms with E-state index in [2.05, 4.69) is 17.4 Å². The second-order valence-electron chi connectivity index (χ2n) is 6.77. The Morgan fingerprint density at radius 1 is 1.21 bits per heavy atom. The van der Waals surface area contributed by atoms with Crippen LogP contribution in [0, 0.1) is 0 Å². The van der Waals surface area contributed by atoms with Crippen LogP contribution in [0.4, 0.5) is 4.79 Å². The number of urea groups is 1. The number of hydrogen-bond donors (Lipinski definition) is 1. The zero-order chi connectivity index (χ0) is 16.5. The Labute approximate surface area is 141 Å². The number of benzene rings is 1. The summed E-state index contributed by atoms with van der Waals surface area (Å²) in [5.41, 5.74) is 2.47. The number of rotatable bonds is 1. The van der Waals surface area contributed by atoms with Gasteiger partial charge in [-0.25, -0.2) is 4.79 Å². The minimum Gasteiger partial charge on any atom is -0.381 e.